The van der Waals surface area contributed by atoms with E-state index in [2.05, 4.69) is 0 Å². The third-order valence-electron chi connectivity index (χ3n) is 6.59. The van der Waals surface area contributed by atoms with Gasteiger partial charge in [0.1, 0.15) is 5.82 Å². The van der Waals surface area contributed by atoms with Crippen LogP contribution in [0.3, 0.4) is 0 Å². The molecule has 0 nitrogen and oxygen atoms in total. The average molecular weight is 439 g/mol. The molecule has 0 heterocycles. The van der Waals surface area contributed by atoms with Crippen molar-refractivity contribution in [2.75, 3.05) is 0 Å². The topological polar surface area (TPSA) is 0 Å². The summed E-state index contributed by atoms with van der Waals surface area (Å²) in [6, 6.07) is 3.92. The molecule has 2 saturated carbocycles. The van der Waals surface area contributed by atoms with Gasteiger partial charge in [-0.25, -0.2) is 4.39 Å². The Morgan fingerprint density at radius 1 is 0.897 bits per heavy atom. The molecular weight excluding hydrogens is 414 g/mol. The van der Waals surface area contributed by atoms with Crippen LogP contribution in [0.15, 0.2) is 30.1 Å². The molecule has 0 spiro atoms. The molecule has 2 aliphatic rings. The van der Waals surface area contributed by atoms with E-state index in [0.29, 0.717) is 17.2 Å². The molecule has 3 rings (SSSR count). The lowest BCUT2D eigenvalue weighted by molar-refractivity contribution is 0.0104. The van der Waals surface area contributed by atoms with Crippen molar-refractivity contribution in [1.82, 2.24) is 0 Å². The summed E-state index contributed by atoms with van der Waals surface area (Å²) in [6.45, 7) is 0. The first-order valence-electron chi connectivity index (χ1n) is 10.2. The van der Waals surface area contributed by atoms with Crippen molar-refractivity contribution >= 4 is 11.6 Å². The number of halogens is 7. The maximum absolute atomic E-state index is 14.3. The van der Waals surface area contributed by atoms with Gasteiger partial charge in [0.15, 0.2) is 0 Å². The highest BCUT2D eigenvalue weighted by Gasteiger charge is 2.40. The molecule has 29 heavy (non-hydrogen) atoms. The number of alkyl halides is 3. The van der Waals surface area contributed by atoms with Crippen LogP contribution >= 0.6 is 11.6 Å². The molecule has 2 aliphatic carbocycles. The fourth-order valence-corrected chi connectivity index (χ4v) is 5.14. The third-order valence-corrected chi connectivity index (χ3v) is 7.02. The largest absolute Gasteiger partial charge is 0.308 e. The highest BCUT2D eigenvalue weighted by molar-refractivity contribution is 6.20. The minimum Gasteiger partial charge on any atom is -0.207 e. The van der Waals surface area contributed by atoms with E-state index in [0.717, 1.165) is 63.0 Å². The normalized spacial score (nSPS) is 28.2. The first kappa shape index (κ1) is 22.5. The van der Waals surface area contributed by atoms with Gasteiger partial charge in [-0.15, -0.1) is 11.6 Å². The van der Waals surface area contributed by atoms with Gasteiger partial charge in [-0.3, -0.25) is 0 Å². The van der Waals surface area contributed by atoms with E-state index in [4.69, 9.17) is 11.6 Å². The van der Waals surface area contributed by atoms with Gasteiger partial charge in [0.25, 0.3) is 0 Å². The zero-order chi connectivity index (χ0) is 21.2. The van der Waals surface area contributed by atoms with E-state index < -0.39 is 35.6 Å². The van der Waals surface area contributed by atoms with Crippen LogP contribution < -0.4 is 0 Å². The molecule has 0 saturated heterocycles. The molecular formula is C22H25ClF6. The van der Waals surface area contributed by atoms with Crippen molar-refractivity contribution in [1.29, 1.82) is 0 Å². The number of allylic oxidation sites excluding steroid dienone is 1. The lowest BCUT2D eigenvalue weighted by atomic mass is 9.70. The average Bonchev–Trinajstić information content (AvgIpc) is 2.69. The van der Waals surface area contributed by atoms with Gasteiger partial charge in [-0.1, -0.05) is 12.1 Å². The summed E-state index contributed by atoms with van der Waals surface area (Å²) >= 11 is 6.18. The highest BCUT2D eigenvalue weighted by Crippen LogP contribution is 2.44. The zero-order valence-corrected chi connectivity index (χ0v) is 16.8. The van der Waals surface area contributed by atoms with Crippen LogP contribution in [0, 0.1) is 17.7 Å². The van der Waals surface area contributed by atoms with E-state index in [1.165, 1.54) is 6.07 Å². The van der Waals surface area contributed by atoms with E-state index in [1.54, 1.807) is 6.07 Å². The van der Waals surface area contributed by atoms with Gasteiger partial charge >= 0.3 is 12.0 Å². The minimum atomic E-state index is -4.43. The van der Waals surface area contributed by atoms with Crippen molar-refractivity contribution in [2.24, 2.45) is 11.8 Å². The summed E-state index contributed by atoms with van der Waals surface area (Å²) in [7, 11) is 0. The van der Waals surface area contributed by atoms with Crippen molar-refractivity contribution in [3.05, 3.63) is 47.1 Å². The molecule has 162 valence electrons. The summed E-state index contributed by atoms with van der Waals surface area (Å²) < 4.78 is 78.7. The predicted octanol–water partition coefficient (Wildman–Crippen LogP) is 8.15. The molecule has 0 aromatic heterocycles. The lowest BCUT2D eigenvalue weighted by Crippen LogP contribution is -2.25. The van der Waals surface area contributed by atoms with Crippen molar-refractivity contribution in [2.45, 2.75) is 75.0 Å². The second-order valence-electron chi connectivity index (χ2n) is 8.43. The van der Waals surface area contributed by atoms with Gasteiger partial charge in [0, 0.05) is 11.8 Å². The second kappa shape index (κ2) is 9.32. The monoisotopic (exact) mass is 438 g/mol. The Kier molecular flexibility index (Phi) is 7.23. The highest BCUT2D eigenvalue weighted by atomic mass is 35.5. The van der Waals surface area contributed by atoms with Crippen LogP contribution in [0.5, 0.6) is 0 Å². The summed E-state index contributed by atoms with van der Waals surface area (Å²) in [5.74, 6) is -6.63. The second-order valence-corrected chi connectivity index (χ2v) is 9.05. The molecule has 0 unspecified atom stereocenters. The third kappa shape index (κ3) is 5.50. The minimum absolute atomic E-state index is 0.152. The van der Waals surface area contributed by atoms with Crippen LogP contribution in [0.2, 0.25) is 0 Å². The molecule has 0 atom stereocenters. The maximum Gasteiger partial charge on any atom is 0.308 e. The summed E-state index contributed by atoms with van der Waals surface area (Å²) in [6.07, 6.45) is 3.84. The van der Waals surface area contributed by atoms with Gasteiger partial charge in [0.05, 0.1) is 0 Å². The smallest absolute Gasteiger partial charge is 0.207 e. The van der Waals surface area contributed by atoms with Crippen LogP contribution in [0.25, 0.3) is 0 Å². The standard InChI is InChI=1S/C22H25ClF6/c23-18-9-7-14(8-10-18)13-1-3-15(4-2-13)16-5-6-17(19(24)11-16)12-22(28,29)20(25)21(26)27/h5-6,11,13-15,18H,1-4,7-10,12H2. The van der Waals surface area contributed by atoms with Crippen LogP contribution in [0.4, 0.5) is 26.3 Å². The molecule has 0 radical (unpaired) electrons. The summed E-state index contributed by atoms with van der Waals surface area (Å²) in [5, 5.41) is 0.293. The Bertz CT molecular complexity index is 727. The number of hydrogen-bond acceptors (Lipinski definition) is 0. The Hall–Kier alpha value is -1.17. The van der Waals surface area contributed by atoms with Crippen molar-refractivity contribution in [3.63, 3.8) is 0 Å². The van der Waals surface area contributed by atoms with E-state index in [-0.39, 0.29) is 5.92 Å². The molecule has 1 aromatic rings. The summed E-state index contributed by atoms with van der Waals surface area (Å²) in [5.41, 5.74) is 0.256. The van der Waals surface area contributed by atoms with Crippen LogP contribution in [0.1, 0.15) is 68.4 Å². The maximum atomic E-state index is 14.3. The fraction of sp³-hybridized carbons (Fsp3) is 0.636. The first-order chi connectivity index (χ1) is 13.7. The predicted molar refractivity (Wildman–Crippen MR) is 102 cm³/mol. The molecule has 0 bridgehead atoms. The fourth-order valence-electron chi connectivity index (χ4n) is 4.89. The molecule has 0 N–H and O–H groups in total. The van der Waals surface area contributed by atoms with Crippen molar-refractivity contribution in [3.8, 4) is 0 Å². The van der Waals surface area contributed by atoms with E-state index in [9.17, 15) is 26.3 Å². The number of rotatable bonds is 5. The molecule has 0 amide bonds. The quantitative estimate of drug-likeness (QED) is 0.321. The lowest BCUT2D eigenvalue weighted by Gasteiger charge is -2.37. The Morgan fingerprint density at radius 3 is 1.97 bits per heavy atom. The molecule has 1 aromatic carbocycles. The molecule has 7 heteroatoms. The van der Waals surface area contributed by atoms with E-state index in [1.807, 2.05) is 0 Å². The van der Waals surface area contributed by atoms with Gasteiger partial charge in [-0.2, -0.15) is 22.0 Å². The Balaban J connectivity index is 1.60. The first-order valence-corrected chi connectivity index (χ1v) is 10.6. The van der Waals surface area contributed by atoms with Gasteiger partial charge in [-0.05, 0) is 86.3 Å². The summed E-state index contributed by atoms with van der Waals surface area (Å²) in [4.78, 5) is 0. The van der Waals surface area contributed by atoms with Gasteiger partial charge in [0.2, 0.25) is 5.83 Å². The SMILES string of the molecule is FC(F)=C(F)C(F)(F)Cc1ccc(C2CCC(C3CCC(Cl)CC3)CC2)cc1F. The number of benzene rings is 1. The molecule has 0 aliphatic heterocycles. The van der Waals surface area contributed by atoms with E-state index >= 15 is 0 Å². The Morgan fingerprint density at radius 2 is 1.45 bits per heavy atom. The van der Waals surface area contributed by atoms with Crippen molar-refractivity contribution < 1.29 is 26.3 Å². The van der Waals surface area contributed by atoms with Gasteiger partial charge < -0.3 is 0 Å². The zero-order valence-electron chi connectivity index (χ0n) is 16.1. The molecule has 2 fully saturated rings. The number of hydrogen-bond donors (Lipinski definition) is 0. The van der Waals surface area contributed by atoms with Crippen LogP contribution in [-0.2, 0) is 6.42 Å². The Labute approximate surface area is 172 Å². The van der Waals surface area contributed by atoms with Crippen LogP contribution in [-0.4, -0.2) is 11.3 Å².